The van der Waals surface area contributed by atoms with Crippen molar-refractivity contribution in [1.29, 1.82) is 0 Å². The smallest absolute Gasteiger partial charge is 0.159 e. The second-order valence-electron chi connectivity index (χ2n) is 3.97. The summed E-state index contributed by atoms with van der Waals surface area (Å²) in [4.78, 5) is 10.7. The van der Waals surface area contributed by atoms with Crippen LogP contribution in [-0.2, 0) is 11.2 Å². The quantitative estimate of drug-likeness (QED) is 0.783. The van der Waals surface area contributed by atoms with E-state index >= 15 is 0 Å². The van der Waals surface area contributed by atoms with Crippen LogP contribution >= 0.6 is 11.8 Å². The van der Waals surface area contributed by atoms with Crippen LogP contribution in [-0.4, -0.2) is 17.8 Å². The Balaban J connectivity index is 2.05. The summed E-state index contributed by atoms with van der Waals surface area (Å²) in [6, 6.07) is 7.99. The number of carboxylic acid groups (broad SMARTS) is 1. The molecule has 2 atom stereocenters. The number of hydrogen-bond donors (Lipinski definition) is 1. The number of nitrogens with two attached hydrogens (primary N) is 1. The molecule has 4 heteroatoms. The highest BCUT2D eigenvalue weighted by Gasteiger charge is 2.30. The maximum Gasteiger partial charge on any atom is 0.159 e. The zero-order chi connectivity index (χ0) is 11.5. The molecule has 86 valence electrons. The molecule has 1 heterocycles. The van der Waals surface area contributed by atoms with E-state index in [1.807, 2.05) is 5.32 Å². The zero-order valence-electron chi connectivity index (χ0n) is 9.18. The van der Waals surface area contributed by atoms with Crippen LogP contribution in [0.25, 0.3) is 0 Å². The number of carbonyl (C=O) groups excluding carboxylic acids is 1. The first kappa shape index (κ1) is 11.5. The average molecular weight is 237 g/mol. The zero-order valence-corrected chi connectivity index (χ0v) is 10.00. The molecule has 2 N–H and O–H groups in total. The summed E-state index contributed by atoms with van der Waals surface area (Å²) in [6.07, 6.45) is 1.03. The first-order chi connectivity index (χ1) is 7.70. The molecule has 0 bridgehead atoms. The molecule has 0 spiro atoms. The van der Waals surface area contributed by atoms with Gasteiger partial charge in [-0.2, -0.15) is 0 Å². The van der Waals surface area contributed by atoms with Crippen LogP contribution in [0.1, 0.15) is 23.4 Å². The molecule has 1 aliphatic heterocycles. The van der Waals surface area contributed by atoms with Crippen molar-refractivity contribution in [2.45, 2.75) is 24.8 Å². The summed E-state index contributed by atoms with van der Waals surface area (Å²) in [5, 5.41) is 12.8. The second-order valence-corrected chi connectivity index (χ2v) is 5.14. The van der Waals surface area contributed by atoms with Gasteiger partial charge >= 0.3 is 0 Å². The molecule has 0 unspecified atom stereocenters. The number of benzene rings is 1. The highest BCUT2D eigenvalue weighted by atomic mass is 32.2. The Morgan fingerprint density at radius 2 is 2.19 bits per heavy atom. The van der Waals surface area contributed by atoms with E-state index in [9.17, 15) is 9.90 Å². The Labute approximate surface area is 99.2 Å². The first-order valence-corrected chi connectivity index (χ1v) is 6.52. The molecule has 0 aromatic heterocycles. The number of carbonyl (C=O) groups is 1. The highest BCUT2D eigenvalue weighted by molar-refractivity contribution is 7.99. The molecule has 1 fully saturated rings. The van der Waals surface area contributed by atoms with E-state index in [-0.39, 0.29) is 5.37 Å². The second kappa shape index (κ2) is 4.89. The van der Waals surface area contributed by atoms with E-state index in [0.717, 1.165) is 6.42 Å². The van der Waals surface area contributed by atoms with Gasteiger partial charge in [-0.1, -0.05) is 43.0 Å². The topological polar surface area (TPSA) is 56.7 Å². The van der Waals surface area contributed by atoms with Crippen molar-refractivity contribution in [2.24, 2.45) is 0 Å². The number of rotatable bonds is 3. The molecule has 0 aliphatic carbocycles. The van der Waals surface area contributed by atoms with E-state index in [4.69, 9.17) is 0 Å². The Kier molecular flexibility index (Phi) is 3.51. The monoisotopic (exact) mass is 237 g/mol. The van der Waals surface area contributed by atoms with Gasteiger partial charge in [0.1, 0.15) is 12.0 Å². The third-order valence-corrected chi connectivity index (χ3v) is 4.22. The van der Waals surface area contributed by atoms with Gasteiger partial charge in [-0.3, -0.25) is 0 Å². The molecular weight excluding hydrogens is 222 g/mol. The molecule has 1 aromatic rings. The van der Waals surface area contributed by atoms with Gasteiger partial charge in [-0.25, -0.2) is 0 Å². The SMILES string of the molecule is CCc1ccc([C@H]2[NH2+][C@@H](C(=O)[O-])CS2)cc1. The maximum atomic E-state index is 10.7. The third-order valence-electron chi connectivity index (χ3n) is 2.88. The molecule has 0 radical (unpaired) electrons. The predicted molar refractivity (Wildman–Crippen MR) is 61.7 cm³/mol. The van der Waals surface area contributed by atoms with E-state index in [2.05, 4.69) is 31.2 Å². The lowest BCUT2D eigenvalue weighted by Gasteiger charge is -2.11. The Morgan fingerprint density at radius 3 is 2.69 bits per heavy atom. The van der Waals surface area contributed by atoms with Crippen molar-refractivity contribution in [3.63, 3.8) is 0 Å². The Bertz CT molecular complexity index is 377. The molecule has 1 aliphatic rings. The molecule has 2 rings (SSSR count). The van der Waals surface area contributed by atoms with Gasteiger partial charge in [-0.15, -0.1) is 0 Å². The minimum Gasteiger partial charge on any atom is -0.544 e. The Morgan fingerprint density at radius 1 is 1.50 bits per heavy atom. The van der Waals surface area contributed by atoms with Crippen molar-refractivity contribution < 1.29 is 15.2 Å². The highest BCUT2D eigenvalue weighted by Crippen LogP contribution is 2.26. The lowest BCUT2D eigenvalue weighted by atomic mass is 10.1. The van der Waals surface area contributed by atoms with Crippen molar-refractivity contribution in [3.8, 4) is 0 Å². The van der Waals surface area contributed by atoms with E-state index < -0.39 is 12.0 Å². The molecule has 16 heavy (non-hydrogen) atoms. The Hall–Kier alpha value is -1.00. The minimum absolute atomic E-state index is 0.203. The van der Waals surface area contributed by atoms with Gasteiger partial charge < -0.3 is 15.2 Å². The van der Waals surface area contributed by atoms with Gasteiger partial charge in [-0.05, 0) is 12.0 Å². The maximum absolute atomic E-state index is 10.7. The van der Waals surface area contributed by atoms with Crippen molar-refractivity contribution in [2.75, 3.05) is 5.75 Å². The van der Waals surface area contributed by atoms with Crippen molar-refractivity contribution in [1.82, 2.24) is 0 Å². The third kappa shape index (κ3) is 2.39. The van der Waals surface area contributed by atoms with E-state index in [0.29, 0.717) is 5.75 Å². The summed E-state index contributed by atoms with van der Waals surface area (Å²) < 4.78 is 0. The van der Waals surface area contributed by atoms with Crippen molar-refractivity contribution >= 4 is 17.7 Å². The van der Waals surface area contributed by atoms with Crippen LogP contribution < -0.4 is 10.4 Å². The van der Waals surface area contributed by atoms with Crippen LogP contribution in [0, 0.1) is 0 Å². The van der Waals surface area contributed by atoms with E-state index in [1.165, 1.54) is 11.1 Å². The molecule has 1 saturated heterocycles. The van der Waals surface area contributed by atoms with Gasteiger partial charge in [0.15, 0.2) is 5.37 Å². The van der Waals surface area contributed by atoms with Gasteiger partial charge in [0.25, 0.3) is 0 Å². The fourth-order valence-electron chi connectivity index (χ4n) is 1.83. The van der Waals surface area contributed by atoms with Crippen molar-refractivity contribution in [3.05, 3.63) is 35.4 Å². The van der Waals surface area contributed by atoms with Crippen LogP contribution in [0.4, 0.5) is 0 Å². The number of thioether (sulfide) groups is 1. The predicted octanol–water partition coefficient (Wildman–Crippen LogP) is -0.324. The number of carboxylic acids is 1. The minimum atomic E-state index is -0.958. The normalized spacial score (nSPS) is 24.6. The largest absolute Gasteiger partial charge is 0.544 e. The number of quaternary nitrogens is 1. The molecule has 1 aromatic carbocycles. The summed E-state index contributed by atoms with van der Waals surface area (Å²) >= 11 is 1.67. The first-order valence-electron chi connectivity index (χ1n) is 5.47. The standard InChI is InChI=1S/C12H15NO2S/c1-2-8-3-5-9(6-4-8)11-13-10(7-16-11)12(14)15/h3-6,10-11,13H,2,7H2,1H3,(H,14,15)/t10-,11+/m1/s1. The number of hydrogen-bond acceptors (Lipinski definition) is 3. The lowest BCUT2D eigenvalue weighted by molar-refractivity contribution is -0.690. The average Bonchev–Trinajstić information content (AvgIpc) is 2.78. The summed E-state index contributed by atoms with van der Waals surface area (Å²) in [7, 11) is 0. The van der Waals surface area contributed by atoms with E-state index in [1.54, 1.807) is 11.8 Å². The molecule has 0 saturated carbocycles. The molecule has 0 amide bonds. The summed E-state index contributed by atoms with van der Waals surface area (Å²) in [5.41, 5.74) is 2.49. The summed E-state index contributed by atoms with van der Waals surface area (Å²) in [6.45, 7) is 2.12. The fourth-order valence-corrected chi connectivity index (χ4v) is 3.14. The van der Waals surface area contributed by atoms with Crippen LogP contribution in [0.2, 0.25) is 0 Å². The summed E-state index contributed by atoms with van der Waals surface area (Å²) in [5.74, 6) is -0.331. The number of aryl methyl sites for hydroxylation is 1. The molecule has 3 nitrogen and oxygen atoms in total. The van der Waals surface area contributed by atoms with Gasteiger partial charge in [0.05, 0.1) is 5.75 Å². The fraction of sp³-hybridized carbons (Fsp3) is 0.417. The van der Waals surface area contributed by atoms with Gasteiger partial charge in [0, 0.05) is 5.56 Å². The number of aliphatic carboxylic acids is 1. The van der Waals surface area contributed by atoms with Crippen LogP contribution in [0.15, 0.2) is 24.3 Å². The van der Waals surface area contributed by atoms with Crippen LogP contribution in [0.3, 0.4) is 0 Å². The van der Waals surface area contributed by atoms with Crippen LogP contribution in [0.5, 0.6) is 0 Å². The molecular formula is C12H15NO2S. The van der Waals surface area contributed by atoms with Gasteiger partial charge in [0.2, 0.25) is 0 Å². The lowest BCUT2D eigenvalue weighted by Crippen LogP contribution is -2.90.